The molecule has 0 saturated carbocycles. The number of carbonyl (C=O) groups is 1. The summed E-state index contributed by atoms with van der Waals surface area (Å²) in [5.41, 5.74) is 1.73. The molecule has 0 bridgehead atoms. The van der Waals surface area contributed by atoms with Crippen molar-refractivity contribution in [2.75, 3.05) is 15.9 Å². The van der Waals surface area contributed by atoms with Crippen molar-refractivity contribution in [3.8, 4) is 0 Å². The zero-order chi connectivity index (χ0) is 20.5. The van der Waals surface area contributed by atoms with Crippen molar-refractivity contribution in [2.45, 2.75) is 19.4 Å². The van der Waals surface area contributed by atoms with Crippen LogP contribution in [0.3, 0.4) is 0 Å². The fraction of sp³-hybridized carbons (Fsp3) is 0.263. The number of fused-ring (bicyclic) bond motifs is 1. The molecule has 1 aromatic heterocycles. The molecule has 1 atom stereocenters. The molecule has 0 spiro atoms. The van der Waals surface area contributed by atoms with E-state index < -0.39 is 22.0 Å². The molecule has 1 heterocycles. The molecule has 1 N–H and O–H groups in total. The summed E-state index contributed by atoms with van der Waals surface area (Å²) < 4.78 is 28.3. The van der Waals surface area contributed by atoms with Gasteiger partial charge in [-0.05, 0) is 36.8 Å². The lowest BCUT2D eigenvalue weighted by molar-refractivity contribution is -0.117. The smallest absolute Gasteiger partial charge is 0.307 e. The van der Waals surface area contributed by atoms with Crippen LogP contribution in [0.15, 0.2) is 53.3 Å². The Labute approximate surface area is 167 Å². The number of nitrogens with one attached hydrogen (secondary N) is 1. The topological polar surface area (TPSA) is 88.5 Å². The van der Waals surface area contributed by atoms with E-state index in [0.717, 1.165) is 32.1 Å². The average molecular weight is 420 g/mol. The van der Waals surface area contributed by atoms with Crippen LogP contribution in [-0.4, -0.2) is 31.2 Å². The van der Waals surface area contributed by atoms with Crippen molar-refractivity contribution in [3.05, 3.63) is 58.2 Å². The van der Waals surface area contributed by atoms with Crippen molar-refractivity contribution in [2.24, 2.45) is 7.05 Å². The van der Waals surface area contributed by atoms with Gasteiger partial charge in [-0.2, -0.15) is 0 Å². The van der Waals surface area contributed by atoms with Gasteiger partial charge >= 0.3 is 4.87 Å². The maximum atomic E-state index is 12.9. The molecule has 7 nitrogen and oxygen atoms in total. The summed E-state index contributed by atoms with van der Waals surface area (Å²) in [6.45, 7) is 1.76. The van der Waals surface area contributed by atoms with E-state index in [1.54, 1.807) is 67.1 Å². The first kappa shape index (κ1) is 20.1. The van der Waals surface area contributed by atoms with Crippen LogP contribution < -0.4 is 14.5 Å². The summed E-state index contributed by atoms with van der Waals surface area (Å²) in [5.74, 6) is -0.431. The molecular formula is C19H21N3O4S2. The van der Waals surface area contributed by atoms with Gasteiger partial charge in [-0.3, -0.25) is 13.9 Å². The van der Waals surface area contributed by atoms with Gasteiger partial charge in [0, 0.05) is 12.7 Å². The number of carbonyl (C=O) groups excluding carboxylic acids is 1. The van der Waals surface area contributed by atoms with Gasteiger partial charge in [0.2, 0.25) is 15.9 Å². The van der Waals surface area contributed by atoms with Crippen LogP contribution in [0.5, 0.6) is 0 Å². The summed E-state index contributed by atoms with van der Waals surface area (Å²) in [5, 5.41) is 2.79. The van der Waals surface area contributed by atoms with E-state index in [1.807, 2.05) is 0 Å². The number of amides is 1. The molecule has 0 aliphatic heterocycles. The molecule has 148 valence electrons. The molecule has 0 aliphatic carbocycles. The molecule has 3 rings (SSSR count). The molecule has 0 aliphatic rings. The Morgan fingerprint density at radius 1 is 1.21 bits per heavy atom. The van der Waals surface area contributed by atoms with E-state index in [0.29, 0.717) is 17.8 Å². The van der Waals surface area contributed by atoms with Gasteiger partial charge in [-0.1, -0.05) is 36.5 Å². The number of aryl methyl sites for hydroxylation is 1. The van der Waals surface area contributed by atoms with Crippen LogP contribution in [0, 0.1) is 0 Å². The maximum absolute atomic E-state index is 12.9. The first-order valence-corrected chi connectivity index (χ1v) is 11.3. The van der Waals surface area contributed by atoms with Crippen LogP contribution in [0.1, 0.15) is 13.3 Å². The van der Waals surface area contributed by atoms with Crippen molar-refractivity contribution in [1.82, 2.24) is 4.57 Å². The van der Waals surface area contributed by atoms with E-state index in [2.05, 4.69) is 5.32 Å². The summed E-state index contributed by atoms with van der Waals surface area (Å²) in [7, 11) is -1.98. The summed E-state index contributed by atoms with van der Waals surface area (Å²) in [6, 6.07) is 12.8. The van der Waals surface area contributed by atoms with Crippen molar-refractivity contribution >= 4 is 48.9 Å². The lowest BCUT2D eigenvalue weighted by Crippen LogP contribution is -2.46. The quantitative estimate of drug-likeness (QED) is 0.665. The van der Waals surface area contributed by atoms with Crippen LogP contribution in [0.2, 0.25) is 0 Å². The molecule has 0 radical (unpaired) electrons. The van der Waals surface area contributed by atoms with Gasteiger partial charge < -0.3 is 9.88 Å². The minimum Gasteiger partial charge on any atom is -0.324 e. The largest absolute Gasteiger partial charge is 0.324 e. The predicted molar refractivity (Wildman–Crippen MR) is 114 cm³/mol. The van der Waals surface area contributed by atoms with Crippen LogP contribution >= 0.6 is 11.3 Å². The zero-order valence-corrected chi connectivity index (χ0v) is 17.4. The van der Waals surface area contributed by atoms with Gasteiger partial charge in [0.1, 0.15) is 6.04 Å². The second-order valence-electron chi connectivity index (χ2n) is 6.42. The highest BCUT2D eigenvalue weighted by atomic mass is 32.2. The average Bonchev–Trinajstić information content (AvgIpc) is 2.92. The fourth-order valence-electron chi connectivity index (χ4n) is 3.07. The second-order valence-corrected chi connectivity index (χ2v) is 9.27. The number of anilines is 2. The van der Waals surface area contributed by atoms with E-state index in [-0.39, 0.29) is 4.87 Å². The van der Waals surface area contributed by atoms with Gasteiger partial charge in [0.25, 0.3) is 0 Å². The first-order valence-electron chi connectivity index (χ1n) is 8.67. The minimum absolute atomic E-state index is 0.0859. The number of para-hydroxylation sites is 1. The Kier molecular flexibility index (Phi) is 5.57. The molecule has 2 aromatic carbocycles. The molecule has 3 aromatic rings. The molecule has 0 fully saturated rings. The Morgan fingerprint density at radius 2 is 1.89 bits per heavy atom. The number of thiazole rings is 1. The predicted octanol–water partition coefficient (Wildman–Crippen LogP) is 2.78. The van der Waals surface area contributed by atoms with Crippen LogP contribution in [0.4, 0.5) is 11.4 Å². The van der Waals surface area contributed by atoms with Crippen LogP contribution in [-0.2, 0) is 21.9 Å². The number of hydrogen-bond donors (Lipinski definition) is 1. The summed E-state index contributed by atoms with van der Waals surface area (Å²) >= 11 is 1.09. The Bertz CT molecular complexity index is 1170. The van der Waals surface area contributed by atoms with E-state index in [4.69, 9.17) is 0 Å². The molecule has 0 saturated heterocycles. The highest BCUT2D eigenvalue weighted by Gasteiger charge is 2.31. The van der Waals surface area contributed by atoms with E-state index >= 15 is 0 Å². The standard InChI is InChI=1S/C19H21N3O4S2/c1-4-15(22(28(3,25)26)14-8-6-5-7-9-14)18(23)20-13-10-11-16-17(12-13)27-19(24)21(16)2/h5-12,15H,4H2,1-3H3,(H,20,23). The third-order valence-electron chi connectivity index (χ3n) is 4.40. The highest BCUT2D eigenvalue weighted by Crippen LogP contribution is 2.25. The second kappa shape index (κ2) is 7.76. The number of rotatable bonds is 6. The van der Waals surface area contributed by atoms with Gasteiger partial charge in [0.05, 0.1) is 22.2 Å². The molecule has 9 heteroatoms. The van der Waals surface area contributed by atoms with Crippen molar-refractivity contribution in [1.29, 1.82) is 0 Å². The Balaban J connectivity index is 1.93. The fourth-order valence-corrected chi connectivity index (χ4v) is 5.20. The minimum atomic E-state index is -3.67. The number of hydrogen-bond acceptors (Lipinski definition) is 5. The number of benzene rings is 2. The Morgan fingerprint density at radius 3 is 2.50 bits per heavy atom. The lowest BCUT2D eigenvalue weighted by atomic mass is 10.1. The number of aromatic nitrogens is 1. The highest BCUT2D eigenvalue weighted by molar-refractivity contribution is 7.92. The zero-order valence-electron chi connectivity index (χ0n) is 15.7. The molecular weight excluding hydrogens is 398 g/mol. The van der Waals surface area contributed by atoms with E-state index in [9.17, 15) is 18.0 Å². The van der Waals surface area contributed by atoms with Crippen molar-refractivity contribution < 1.29 is 13.2 Å². The third-order valence-corrected chi connectivity index (χ3v) is 6.58. The van der Waals surface area contributed by atoms with Gasteiger partial charge in [0.15, 0.2) is 0 Å². The lowest BCUT2D eigenvalue weighted by Gasteiger charge is -2.30. The molecule has 1 amide bonds. The molecule has 28 heavy (non-hydrogen) atoms. The Hall–Kier alpha value is -2.65. The SMILES string of the molecule is CCC(C(=O)Nc1ccc2c(c1)sc(=O)n2C)N(c1ccccc1)S(C)(=O)=O. The monoisotopic (exact) mass is 419 g/mol. The first-order chi connectivity index (χ1) is 13.2. The maximum Gasteiger partial charge on any atom is 0.307 e. The van der Waals surface area contributed by atoms with Gasteiger partial charge in [-0.25, -0.2) is 8.42 Å². The third kappa shape index (κ3) is 3.95. The van der Waals surface area contributed by atoms with Crippen LogP contribution in [0.25, 0.3) is 10.2 Å². The molecule has 1 unspecified atom stereocenters. The summed E-state index contributed by atoms with van der Waals surface area (Å²) in [6.07, 6.45) is 1.39. The number of sulfonamides is 1. The van der Waals surface area contributed by atoms with Gasteiger partial charge in [-0.15, -0.1) is 0 Å². The number of nitrogens with zero attached hydrogens (tertiary/aromatic N) is 2. The van der Waals surface area contributed by atoms with Crippen molar-refractivity contribution in [3.63, 3.8) is 0 Å². The normalized spacial score (nSPS) is 12.7. The van der Waals surface area contributed by atoms with E-state index in [1.165, 1.54) is 0 Å². The summed E-state index contributed by atoms with van der Waals surface area (Å²) in [4.78, 5) is 24.7.